The van der Waals surface area contributed by atoms with E-state index in [4.69, 9.17) is 4.98 Å². The van der Waals surface area contributed by atoms with Crippen molar-refractivity contribution in [3.63, 3.8) is 0 Å². The lowest BCUT2D eigenvalue weighted by Gasteiger charge is -2.21. The summed E-state index contributed by atoms with van der Waals surface area (Å²) in [6.07, 6.45) is 0. The Morgan fingerprint density at radius 3 is 1.31 bits per heavy atom. The van der Waals surface area contributed by atoms with Gasteiger partial charge in [-0.05, 0) is 73.8 Å². The van der Waals surface area contributed by atoms with E-state index in [1.54, 1.807) is 0 Å². The van der Waals surface area contributed by atoms with Crippen LogP contribution in [0.4, 0.5) is 0 Å². The highest BCUT2D eigenvalue weighted by Crippen LogP contribution is 2.49. The molecule has 0 atom stereocenters. The van der Waals surface area contributed by atoms with Crippen molar-refractivity contribution in [2.24, 2.45) is 0 Å². The number of rotatable bonds is 5. The van der Waals surface area contributed by atoms with Crippen LogP contribution in [0, 0.1) is 0 Å². The van der Waals surface area contributed by atoms with Gasteiger partial charge in [0.2, 0.25) is 0 Å². The minimum absolute atomic E-state index is 0.0307. The average molecular weight is 576 g/mol. The van der Waals surface area contributed by atoms with Gasteiger partial charge in [0.15, 0.2) is 0 Å². The van der Waals surface area contributed by atoms with Gasteiger partial charge in [0, 0.05) is 16.5 Å². The van der Waals surface area contributed by atoms with Gasteiger partial charge in [-0.25, -0.2) is 4.98 Å². The molecule has 6 aromatic carbocycles. The van der Waals surface area contributed by atoms with Gasteiger partial charge >= 0.3 is 0 Å². The van der Waals surface area contributed by atoms with Gasteiger partial charge in [0.1, 0.15) is 0 Å². The van der Waals surface area contributed by atoms with Gasteiger partial charge in [-0.2, -0.15) is 0 Å². The summed E-state index contributed by atoms with van der Waals surface area (Å²) in [7, 11) is 0. The van der Waals surface area contributed by atoms with Crippen molar-refractivity contribution in [3.05, 3.63) is 175 Å². The quantitative estimate of drug-likeness (QED) is 0.199. The molecule has 1 aromatic heterocycles. The highest BCUT2D eigenvalue weighted by Gasteiger charge is 2.35. The Labute approximate surface area is 265 Å². The van der Waals surface area contributed by atoms with E-state index in [0.29, 0.717) is 0 Å². The molecule has 0 aliphatic heterocycles. The zero-order chi connectivity index (χ0) is 30.4. The molecule has 0 radical (unpaired) electrons. The fourth-order valence-electron chi connectivity index (χ4n) is 6.82. The van der Waals surface area contributed by atoms with Crippen molar-refractivity contribution in [1.29, 1.82) is 0 Å². The minimum Gasteiger partial charge on any atom is -0.248 e. The molecule has 214 valence electrons. The Balaban J connectivity index is 1.09. The lowest BCUT2D eigenvalue weighted by Crippen LogP contribution is -2.14. The maximum atomic E-state index is 5.03. The van der Waals surface area contributed by atoms with Crippen LogP contribution < -0.4 is 0 Å². The number of hydrogen-bond acceptors (Lipinski definition) is 1. The Morgan fingerprint density at radius 2 is 0.756 bits per heavy atom. The van der Waals surface area contributed by atoms with Crippen molar-refractivity contribution in [1.82, 2.24) is 4.98 Å². The molecule has 7 aromatic rings. The normalized spacial score (nSPS) is 12.8. The Bertz CT molecular complexity index is 2080. The number of nitrogens with zero attached hydrogens (tertiary/aromatic N) is 1. The summed E-state index contributed by atoms with van der Waals surface area (Å²) >= 11 is 0. The van der Waals surface area contributed by atoms with E-state index in [-0.39, 0.29) is 5.41 Å². The van der Waals surface area contributed by atoms with Crippen LogP contribution in [0.3, 0.4) is 0 Å². The van der Waals surface area contributed by atoms with Crippen molar-refractivity contribution < 1.29 is 0 Å². The number of aromatic nitrogens is 1. The third-order valence-electron chi connectivity index (χ3n) is 9.32. The molecule has 0 unspecified atom stereocenters. The SMILES string of the molecule is CC1(C)c2ccccc2-c2cc(-c3ccc(-c4ccc(-c5cc(-c6ccccc6)nc(-c6ccccc6)c5)cc4)cc3)ccc21. The van der Waals surface area contributed by atoms with Crippen molar-refractivity contribution in [2.75, 3.05) is 0 Å². The molecular weight excluding hydrogens is 542 g/mol. The highest BCUT2D eigenvalue weighted by molar-refractivity contribution is 5.85. The standard InChI is InChI=1S/C44H33N/c1-44(2)40-16-10-9-15-38(40)39-27-36(25-26-41(39)44)32-21-17-30(18-22-32)31-19-23-33(24-20-31)37-28-42(34-11-5-3-6-12-34)45-43(29-37)35-13-7-4-8-14-35/h3-29H,1-2H3. The van der Waals surface area contributed by atoms with Gasteiger partial charge < -0.3 is 0 Å². The molecule has 1 aliphatic rings. The monoisotopic (exact) mass is 575 g/mol. The molecule has 0 saturated carbocycles. The zero-order valence-electron chi connectivity index (χ0n) is 25.5. The molecule has 0 N–H and O–H groups in total. The fraction of sp³-hybridized carbons (Fsp3) is 0.0682. The van der Waals surface area contributed by atoms with E-state index in [1.807, 2.05) is 12.1 Å². The van der Waals surface area contributed by atoms with E-state index < -0.39 is 0 Å². The summed E-state index contributed by atoms with van der Waals surface area (Å²) in [4.78, 5) is 5.03. The lowest BCUT2D eigenvalue weighted by atomic mass is 9.82. The molecule has 1 heterocycles. The number of fused-ring (bicyclic) bond motifs is 3. The second-order valence-corrected chi connectivity index (χ2v) is 12.4. The predicted octanol–water partition coefficient (Wildman–Crippen LogP) is 11.7. The summed E-state index contributed by atoms with van der Waals surface area (Å²) in [6.45, 7) is 4.66. The van der Waals surface area contributed by atoms with E-state index in [1.165, 1.54) is 50.1 Å². The van der Waals surface area contributed by atoms with E-state index in [0.717, 1.165) is 28.1 Å². The largest absolute Gasteiger partial charge is 0.248 e. The van der Waals surface area contributed by atoms with Gasteiger partial charge in [-0.1, -0.05) is 159 Å². The maximum Gasteiger partial charge on any atom is 0.0715 e. The maximum absolute atomic E-state index is 5.03. The molecule has 0 saturated heterocycles. The van der Waals surface area contributed by atoms with Crippen LogP contribution in [0.1, 0.15) is 25.0 Å². The smallest absolute Gasteiger partial charge is 0.0715 e. The van der Waals surface area contributed by atoms with Crippen LogP contribution in [0.5, 0.6) is 0 Å². The molecule has 1 heteroatoms. The van der Waals surface area contributed by atoms with Crippen LogP contribution in [0.15, 0.2) is 164 Å². The third-order valence-corrected chi connectivity index (χ3v) is 9.32. The first-order chi connectivity index (χ1) is 22.0. The predicted molar refractivity (Wildman–Crippen MR) is 189 cm³/mol. The summed E-state index contributed by atoms with van der Waals surface area (Å²) in [6, 6.07) is 58.9. The average Bonchev–Trinajstić information content (AvgIpc) is 3.34. The van der Waals surface area contributed by atoms with Crippen LogP contribution in [0.25, 0.3) is 67.0 Å². The van der Waals surface area contributed by atoms with Gasteiger partial charge in [-0.3, -0.25) is 0 Å². The molecule has 0 amide bonds. The zero-order valence-corrected chi connectivity index (χ0v) is 25.5. The van der Waals surface area contributed by atoms with Crippen LogP contribution >= 0.6 is 0 Å². The molecule has 0 spiro atoms. The number of hydrogen-bond donors (Lipinski definition) is 0. The Morgan fingerprint density at radius 1 is 0.333 bits per heavy atom. The molecular formula is C44H33N. The topological polar surface area (TPSA) is 12.9 Å². The van der Waals surface area contributed by atoms with Crippen molar-refractivity contribution in [3.8, 4) is 67.0 Å². The summed E-state index contributed by atoms with van der Waals surface area (Å²) < 4.78 is 0. The summed E-state index contributed by atoms with van der Waals surface area (Å²) in [5.74, 6) is 0. The van der Waals surface area contributed by atoms with Crippen LogP contribution in [-0.2, 0) is 5.41 Å². The highest BCUT2D eigenvalue weighted by atomic mass is 14.7. The molecule has 1 nitrogen and oxygen atoms in total. The van der Waals surface area contributed by atoms with E-state index in [2.05, 4.69) is 166 Å². The minimum atomic E-state index is 0.0307. The molecule has 0 bridgehead atoms. The summed E-state index contributed by atoms with van der Waals surface area (Å²) in [5, 5.41) is 0. The molecule has 8 rings (SSSR count). The number of benzene rings is 6. The molecule has 1 aliphatic carbocycles. The first-order valence-electron chi connectivity index (χ1n) is 15.6. The van der Waals surface area contributed by atoms with Gasteiger partial charge in [-0.15, -0.1) is 0 Å². The fourth-order valence-corrected chi connectivity index (χ4v) is 6.82. The molecule has 0 fully saturated rings. The second-order valence-electron chi connectivity index (χ2n) is 12.4. The van der Waals surface area contributed by atoms with Crippen LogP contribution in [0.2, 0.25) is 0 Å². The third kappa shape index (κ3) is 4.87. The van der Waals surface area contributed by atoms with Crippen molar-refractivity contribution in [2.45, 2.75) is 19.3 Å². The van der Waals surface area contributed by atoms with Gasteiger partial charge in [0.05, 0.1) is 11.4 Å². The second kappa shape index (κ2) is 10.9. The van der Waals surface area contributed by atoms with E-state index >= 15 is 0 Å². The first kappa shape index (κ1) is 27.0. The summed E-state index contributed by atoms with van der Waals surface area (Å²) in [5.41, 5.74) is 17.0. The van der Waals surface area contributed by atoms with Crippen molar-refractivity contribution >= 4 is 0 Å². The van der Waals surface area contributed by atoms with Crippen LogP contribution in [-0.4, -0.2) is 4.98 Å². The molecule has 45 heavy (non-hydrogen) atoms. The first-order valence-corrected chi connectivity index (χ1v) is 15.6. The van der Waals surface area contributed by atoms with E-state index in [9.17, 15) is 0 Å². The number of pyridine rings is 1. The lowest BCUT2D eigenvalue weighted by molar-refractivity contribution is 0.660. The van der Waals surface area contributed by atoms with Gasteiger partial charge in [0.25, 0.3) is 0 Å². The Kier molecular flexibility index (Phi) is 6.54. The Hall–Kier alpha value is -5.53.